The van der Waals surface area contributed by atoms with Crippen LogP contribution in [0.5, 0.6) is 5.88 Å². The van der Waals surface area contributed by atoms with Gasteiger partial charge in [0, 0.05) is 12.6 Å². The summed E-state index contributed by atoms with van der Waals surface area (Å²) in [5.74, 6) is -1.34. The van der Waals surface area contributed by atoms with E-state index in [0.29, 0.717) is 16.6 Å². The van der Waals surface area contributed by atoms with Gasteiger partial charge in [-0.2, -0.15) is 0 Å². The minimum atomic E-state index is -1.30. The molecule has 0 saturated heterocycles. The van der Waals surface area contributed by atoms with Crippen LogP contribution in [0.15, 0.2) is 18.2 Å². The Balaban J connectivity index is 2.42. The number of benzene rings is 1. The summed E-state index contributed by atoms with van der Waals surface area (Å²) in [7, 11) is 1.52. The van der Waals surface area contributed by atoms with Crippen molar-refractivity contribution in [1.82, 2.24) is 15.3 Å². The first kappa shape index (κ1) is 15.1. The van der Waals surface area contributed by atoms with E-state index < -0.39 is 12.1 Å². The van der Waals surface area contributed by atoms with Crippen molar-refractivity contribution in [3.8, 4) is 5.88 Å². The summed E-state index contributed by atoms with van der Waals surface area (Å²) in [5, 5.41) is 11.5. The summed E-state index contributed by atoms with van der Waals surface area (Å²) < 4.78 is 4.84. The minimum absolute atomic E-state index is 0.134. The first-order chi connectivity index (χ1) is 9.92. The number of carbonyl (C=O) groups is 2. The molecule has 1 unspecified atom stereocenters. The molecule has 0 aliphatic rings. The van der Waals surface area contributed by atoms with Gasteiger partial charge in [-0.05, 0) is 25.1 Å². The molecule has 8 heteroatoms. The highest BCUT2D eigenvalue weighted by atomic mass is 35.5. The van der Waals surface area contributed by atoms with Crippen molar-refractivity contribution in [2.75, 3.05) is 7.05 Å². The van der Waals surface area contributed by atoms with Gasteiger partial charge in [0.25, 0.3) is 11.8 Å². The van der Waals surface area contributed by atoms with Crippen LogP contribution in [0, 0.1) is 0 Å². The van der Waals surface area contributed by atoms with Crippen molar-refractivity contribution in [1.29, 1.82) is 0 Å². The molecule has 2 aromatic rings. The van der Waals surface area contributed by atoms with Gasteiger partial charge in [-0.15, -0.1) is 0 Å². The minimum Gasteiger partial charge on any atom is -0.402 e. The number of halogens is 1. The number of carbonyl (C=O) groups excluding carboxylic acids is 2. The van der Waals surface area contributed by atoms with E-state index in [1.807, 2.05) is 0 Å². The van der Waals surface area contributed by atoms with Crippen LogP contribution in [0.3, 0.4) is 0 Å². The Morgan fingerprint density at radius 3 is 2.67 bits per heavy atom. The van der Waals surface area contributed by atoms with Gasteiger partial charge < -0.3 is 15.2 Å². The summed E-state index contributed by atoms with van der Waals surface area (Å²) >= 11 is 5.88. The summed E-state index contributed by atoms with van der Waals surface area (Å²) in [6.45, 7) is 1.26. The Kier molecular flexibility index (Phi) is 4.35. The topological polar surface area (TPSA) is 101 Å². The summed E-state index contributed by atoms with van der Waals surface area (Å²) in [6, 6.07) is 4.64. The molecule has 1 heterocycles. The second kappa shape index (κ2) is 6.02. The van der Waals surface area contributed by atoms with E-state index in [1.165, 1.54) is 20.0 Å². The molecule has 7 nitrogen and oxygen atoms in total. The number of aliphatic hydroxyl groups is 1. The molecule has 1 aromatic heterocycles. The van der Waals surface area contributed by atoms with Crippen LogP contribution < -0.4 is 10.1 Å². The lowest BCUT2D eigenvalue weighted by Gasteiger charge is -2.08. The average molecular weight is 310 g/mol. The first-order valence-corrected chi connectivity index (χ1v) is 6.39. The van der Waals surface area contributed by atoms with Gasteiger partial charge in [0.05, 0.1) is 11.0 Å². The van der Waals surface area contributed by atoms with Gasteiger partial charge in [0.2, 0.25) is 0 Å². The summed E-state index contributed by atoms with van der Waals surface area (Å²) in [5.41, 5.74) is 1.20. The molecular weight excluding hydrogens is 298 g/mol. The Labute approximate surface area is 124 Å². The quantitative estimate of drug-likeness (QED) is 0.818. The highest BCUT2D eigenvalue weighted by molar-refractivity contribution is 6.31. The third kappa shape index (κ3) is 3.26. The van der Waals surface area contributed by atoms with Crippen LogP contribution in [-0.2, 0) is 4.79 Å². The van der Waals surface area contributed by atoms with E-state index in [-0.39, 0.29) is 16.9 Å². The lowest BCUT2D eigenvalue weighted by molar-refractivity contribution is -0.143. The van der Waals surface area contributed by atoms with Gasteiger partial charge in [-0.25, -0.2) is 14.8 Å². The molecule has 21 heavy (non-hydrogen) atoms. The molecule has 0 fully saturated rings. The van der Waals surface area contributed by atoms with E-state index >= 15 is 0 Å². The van der Waals surface area contributed by atoms with Crippen LogP contribution in [-0.4, -0.2) is 40.1 Å². The fourth-order valence-electron chi connectivity index (χ4n) is 1.55. The SMILES string of the molecule is CNC(=O)c1ccc2nc(OC(=O)C(C)O)c(Cl)nc2c1. The van der Waals surface area contributed by atoms with E-state index in [1.54, 1.807) is 12.1 Å². The van der Waals surface area contributed by atoms with Crippen molar-refractivity contribution in [3.63, 3.8) is 0 Å². The smallest absolute Gasteiger partial charge is 0.341 e. The monoisotopic (exact) mass is 309 g/mol. The molecule has 0 aliphatic heterocycles. The Hall–Kier alpha value is -2.25. The molecule has 110 valence electrons. The number of hydrogen-bond acceptors (Lipinski definition) is 6. The first-order valence-electron chi connectivity index (χ1n) is 6.01. The molecule has 0 spiro atoms. The van der Waals surface area contributed by atoms with Crippen molar-refractivity contribution < 1.29 is 19.4 Å². The number of nitrogens with one attached hydrogen (secondary N) is 1. The van der Waals surface area contributed by atoms with E-state index in [4.69, 9.17) is 21.4 Å². The molecular formula is C13H12ClN3O4. The number of aromatic nitrogens is 2. The fraction of sp³-hybridized carbons (Fsp3) is 0.231. The number of amides is 1. The number of hydrogen-bond donors (Lipinski definition) is 2. The average Bonchev–Trinajstić information content (AvgIpc) is 2.46. The van der Waals surface area contributed by atoms with Gasteiger partial charge in [-0.1, -0.05) is 11.6 Å². The van der Waals surface area contributed by atoms with E-state index in [9.17, 15) is 9.59 Å². The normalized spacial score (nSPS) is 12.0. The maximum atomic E-state index is 11.5. The van der Waals surface area contributed by atoms with Crippen LogP contribution in [0.4, 0.5) is 0 Å². The highest BCUT2D eigenvalue weighted by Gasteiger charge is 2.17. The Bertz CT molecular complexity index is 718. The zero-order valence-corrected chi connectivity index (χ0v) is 12.0. The zero-order valence-electron chi connectivity index (χ0n) is 11.3. The number of esters is 1. The van der Waals surface area contributed by atoms with Gasteiger partial charge in [-0.3, -0.25) is 4.79 Å². The van der Waals surface area contributed by atoms with Crippen molar-refractivity contribution in [3.05, 3.63) is 28.9 Å². The third-order valence-electron chi connectivity index (χ3n) is 2.62. The standard InChI is InChI=1S/C13H12ClN3O4/c1-6(18)13(20)21-12-10(14)16-9-5-7(11(19)15-2)3-4-8(9)17-12/h3-6,18H,1-2H3,(H,15,19). The number of fused-ring (bicyclic) bond motifs is 1. The predicted octanol–water partition coefficient (Wildman–Crippen LogP) is 0.929. The second-order valence-corrected chi connectivity index (χ2v) is 4.56. The molecule has 2 rings (SSSR count). The maximum absolute atomic E-state index is 11.5. The molecule has 0 bridgehead atoms. The van der Waals surface area contributed by atoms with Gasteiger partial charge >= 0.3 is 5.97 Å². The third-order valence-corrected chi connectivity index (χ3v) is 2.87. The largest absolute Gasteiger partial charge is 0.402 e. The second-order valence-electron chi connectivity index (χ2n) is 4.20. The van der Waals surface area contributed by atoms with Crippen LogP contribution in [0.2, 0.25) is 5.15 Å². The number of nitrogens with zero attached hydrogens (tertiary/aromatic N) is 2. The van der Waals surface area contributed by atoms with E-state index in [0.717, 1.165) is 0 Å². The molecule has 0 radical (unpaired) electrons. The Morgan fingerprint density at radius 1 is 1.33 bits per heavy atom. The number of aliphatic hydroxyl groups excluding tert-OH is 1. The summed E-state index contributed by atoms with van der Waals surface area (Å²) in [6.07, 6.45) is -1.30. The Morgan fingerprint density at radius 2 is 2.05 bits per heavy atom. The predicted molar refractivity (Wildman–Crippen MR) is 75.3 cm³/mol. The van der Waals surface area contributed by atoms with Gasteiger partial charge in [0.1, 0.15) is 6.10 Å². The lowest BCUT2D eigenvalue weighted by atomic mass is 10.2. The van der Waals surface area contributed by atoms with E-state index in [2.05, 4.69) is 15.3 Å². The van der Waals surface area contributed by atoms with Gasteiger partial charge in [0.15, 0.2) is 5.15 Å². The maximum Gasteiger partial charge on any atom is 0.341 e. The van der Waals surface area contributed by atoms with Crippen LogP contribution in [0.25, 0.3) is 11.0 Å². The number of rotatable bonds is 3. The molecule has 1 aromatic carbocycles. The molecule has 1 atom stereocenters. The zero-order chi connectivity index (χ0) is 15.6. The van der Waals surface area contributed by atoms with Crippen molar-refractivity contribution in [2.24, 2.45) is 0 Å². The fourth-order valence-corrected chi connectivity index (χ4v) is 1.72. The van der Waals surface area contributed by atoms with Crippen molar-refractivity contribution in [2.45, 2.75) is 13.0 Å². The molecule has 0 saturated carbocycles. The summed E-state index contributed by atoms with van der Waals surface area (Å²) in [4.78, 5) is 30.9. The lowest BCUT2D eigenvalue weighted by Crippen LogP contribution is -2.23. The van der Waals surface area contributed by atoms with Crippen LogP contribution >= 0.6 is 11.6 Å². The molecule has 0 aliphatic carbocycles. The van der Waals surface area contributed by atoms with Crippen LogP contribution in [0.1, 0.15) is 17.3 Å². The highest BCUT2D eigenvalue weighted by Crippen LogP contribution is 2.24. The molecule has 2 N–H and O–H groups in total. The van der Waals surface area contributed by atoms with Crippen molar-refractivity contribution >= 4 is 34.5 Å². The number of ether oxygens (including phenoxy) is 1. The molecule has 1 amide bonds.